The standard InChI is InChI=1S/C6H9NO.C4H11N/c1-7-5-6-3-2-4-8-6;1-3-4-5-2/h2-4,7H,5H2,1H3;5H,3-4H2,1-2H3. The predicted molar refractivity (Wildman–Crippen MR) is 55.7 cm³/mol. The Hall–Kier alpha value is -0.800. The maximum atomic E-state index is 5.01. The van der Waals surface area contributed by atoms with Gasteiger partial charge in [-0.2, -0.15) is 0 Å². The van der Waals surface area contributed by atoms with Crippen LogP contribution in [0.15, 0.2) is 22.8 Å². The Kier molecular flexibility index (Phi) is 8.72. The number of rotatable bonds is 4. The lowest BCUT2D eigenvalue weighted by atomic mass is 10.4. The van der Waals surface area contributed by atoms with Gasteiger partial charge in [-0.15, -0.1) is 0 Å². The normalized spacial score (nSPS) is 9.15. The summed E-state index contributed by atoms with van der Waals surface area (Å²) in [6, 6.07) is 3.82. The van der Waals surface area contributed by atoms with Crippen LogP contribution in [0.3, 0.4) is 0 Å². The minimum absolute atomic E-state index is 0.812. The Morgan fingerprint density at radius 2 is 2.08 bits per heavy atom. The van der Waals surface area contributed by atoms with Crippen molar-refractivity contribution in [1.29, 1.82) is 0 Å². The molecule has 0 radical (unpaired) electrons. The lowest BCUT2D eigenvalue weighted by molar-refractivity contribution is 0.495. The van der Waals surface area contributed by atoms with E-state index in [0.29, 0.717) is 0 Å². The van der Waals surface area contributed by atoms with E-state index < -0.39 is 0 Å². The van der Waals surface area contributed by atoms with Crippen LogP contribution in [0.1, 0.15) is 19.1 Å². The molecule has 0 aliphatic heterocycles. The molecule has 0 aromatic carbocycles. The third-order valence-electron chi connectivity index (χ3n) is 1.43. The Bertz CT molecular complexity index is 171. The summed E-state index contributed by atoms with van der Waals surface area (Å²) in [6.45, 7) is 4.10. The fraction of sp³-hybridized carbons (Fsp3) is 0.600. The van der Waals surface area contributed by atoms with Crippen LogP contribution in [0.25, 0.3) is 0 Å². The number of hydrogen-bond acceptors (Lipinski definition) is 3. The van der Waals surface area contributed by atoms with Gasteiger partial charge in [-0.1, -0.05) is 6.92 Å². The Balaban J connectivity index is 0.000000252. The van der Waals surface area contributed by atoms with E-state index in [1.165, 1.54) is 6.42 Å². The summed E-state index contributed by atoms with van der Waals surface area (Å²) in [7, 11) is 3.85. The highest BCUT2D eigenvalue weighted by Gasteiger charge is 1.87. The fourth-order valence-electron chi connectivity index (χ4n) is 0.837. The lowest BCUT2D eigenvalue weighted by Crippen LogP contribution is -2.04. The van der Waals surface area contributed by atoms with Crippen LogP contribution in [-0.2, 0) is 6.54 Å². The number of hydrogen-bond donors (Lipinski definition) is 2. The first kappa shape index (κ1) is 12.2. The summed E-state index contributed by atoms with van der Waals surface area (Å²) in [6.07, 6.45) is 2.91. The largest absolute Gasteiger partial charge is 0.468 e. The van der Waals surface area contributed by atoms with Crippen LogP contribution in [0.5, 0.6) is 0 Å². The molecule has 1 rings (SSSR count). The zero-order chi connectivity index (χ0) is 9.94. The van der Waals surface area contributed by atoms with Crippen molar-refractivity contribution < 1.29 is 4.42 Å². The summed E-state index contributed by atoms with van der Waals surface area (Å²) >= 11 is 0. The topological polar surface area (TPSA) is 37.2 Å². The molecular weight excluding hydrogens is 164 g/mol. The lowest BCUT2D eigenvalue weighted by Gasteiger charge is -1.89. The van der Waals surface area contributed by atoms with Crippen LogP contribution < -0.4 is 10.6 Å². The molecule has 2 N–H and O–H groups in total. The van der Waals surface area contributed by atoms with Crippen LogP contribution in [0.4, 0.5) is 0 Å². The molecule has 0 spiro atoms. The van der Waals surface area contributed by atoms with Crippen LogP contribution in [0, 0.1) is 0 Å². The highest BCUT2D eigenvalue weighted by atomic mass is 16.3. The van der Waals surface area contributed by atoms with Crippen LogP contribution in [-0.4, -0.2) is 20.6 Å². The first-order valence-corrected chi connectivity index (χ1v) is 4.66. The average Bonchev–Trinajstić information content (AvgIpc) is 2.60. The molecule has 0 unspecified atom stereocenters. The molecule has 1 aromatic heterocycles. The highest BCUT2D eigenvalue weighted by molar-refractivity contribution is 4.96. The Labute approximate surface area is 80.5 Å². The first-order chi connectivity index (χ1) is 6.35. The van der Waals surface area contributed by atoms with Gasteiger partial charge in [-0.25, -0.2) is 0 Å². The highest BCUT2D eigenvalue weighted by Crippen LogP contribution is 1.96. The van der Waals surface area contributed by atoms with E-state index in [1.54, 1.807) is 6.26 Å². The zero-order valence-electron chi connectivity index (χ0n) is 8.76. The molecular formula is C10H20N2O. The van der Waals surface area contributed by atoms with Crippen molar-refractivity contribution in [2.24, 2.45) is 0 Å². The minimum Gasteiger partial charge on any atom is -0.468 e. The summed E-state index contributed by atoms with van der Waals surface area (Å²) in [5.41, 5.74) is 0. The third-order valence-corrected chi connectivity index (χ3v) is 1.43. The monoisotopic (exact) mass is 184 g/mol. The molecule has 0 saturated carbocycles. The second kappa shape index (κ2) is 9.29. The summed E-state index contributed by atoms with van der Waals surface area (Å²) < 4.78 is 5.01. The van der Waals surface area contributed by atoms with Gasteiger partial charge in [0.1, 0.15) is 5.76 Å². The van der Waals surface area contributed by atoms with Crippen molar-refractivity contribution in [1.82, 2.24) is 10.6 Å². The molecule has 3 nitrogen and oxygen atoms in total. The molecule has 1 aromatic rings. The second-order valence-electron chi connectivity index (χ2n) is 2.71. The molecule has 0 saturated heterocycles. The fourth-order valence-corrected chi connectivity index (χ4v) is 0.837. The summed E-state index contributed by atoms with van der Waals surface area (Å²) in [5.74, 6) is 0.979. The van der Waals surface area contributed by atoms with Crippen molar-refractivity contribution >= 4 is 0 Å². The van der Waals surface area contributed by atoms with Crippen LogP contribution in [0.2, 0.25) is 0 Å². The van der Waals surface area contributed by atoms with Gasteiger partial charge in [-0.05, 0) is 39.2 Å². The SMILES string of the molecule is CCCNC.CNCc1ccco1. The van der Waals surface area contributed by atoms with Gasteiger partial charge in [0.15, 0.2) is 0 Å². The second-order valence-corrected chi connectivity index (χ2v) is 2.71. The van der Waals surface area contributed by atoms with E-state index in [1.807, 2.05) is 26.2 Å². The molecule has 3 heteroatoms. The average molecular weight is 184 g/mol. The van der Waals surface area contributed by atoms with E-state index >= 15 is 0 Å². The maximum Gasteiger partial charge on any atom is 0.117 e. The van der Waals surface area contributed by atoms with Crippen molar-refractivity contribution in [2.45, 2.75) is 19.9 Å². The van der Waals surface area contributed by atoms with Crippen molar-refractivity contribution in [3.63, 3.8) is 0 Å². The van der Waals surface area contributed by atoms with Gasteiger partial charge in [0.05, 0.1) is 12.8 Å². The van der Waals surface area contributed by atoms with Gasteiger partial charge < -0.3 is 15.1 Å². The van der Waals surface area contributed by atoms with E-state index in [0.717, 1.165) is 18.8 Å². The Morgan fingerprint density at radius 3 is 2.38 bits per heavy atom. The molecule has 0 fully saturated rings. The molecule has 13 heavy (non-hydrogen) atoms. The maximum absolute atomic E-state index is 5.01. The molecule has 0 bridgehead atoms. The van der Waals surface area contributed by atoms with Crippen LogP contribution >= 0.6 is 0 Å². The van der Waals surface area contributed by atoms with E-state index in [-0.39, 0.29) is 0 Å². The van der Waals surface area contributed by atoms with Gasteiger partial charge >= 0.3 is 0 Å². The first-order valence-electron chi connectivity index (χ1n) is 4.66. The van der Waals surface area contributed by atoms with Crippen molar-refractivity contribution in [2.75, 3.05) is 20.6 Å². The summed E-state index contributed by atoms with van der Waals surface area (Å²) in [4.78, 5) is 0. The van der Waals surface area contributed by atoms with E-state index in [2.05, 4.69) is 17.6 Å². The third kappa shape index (κ3) is 7.56. The minimum atomic E-state index is 0.812. The smallest absolute Gasteiger partial charge is 0.117 e. The van der Waals surface area contributed by atoms with Crippen molar-refractivity contribution in [3.05, 3.63) is 24.2 Å². The number of nitrogens with one attached hydrogen (secondary N) is 2. The van der Waals surface area contributed by atoms with E-state index in [9.17, 15) is 0 Å². The van der Waals surface area contributed by atoms with Crippen molar-refractivity contribution in [3.8, 4) is 0 Å². The Morgan fingerprint density at radius 1 is 1.31 bits per heavy atom. The summed E-state index contributed by atoms with van der Waals surface area (Å²) in [5, 5.41) is 5.99. The molecule has 76 valence electrons. The molecule has 0 amide bonds. The van der Waals surface area contributed by atoms with Gasteiger partial charge in [0.25, 0.3) is 0 Å². The predicted octanol–water partition coefficient (Wildman–Crippen LogP) is 1.61. The zero-order valence-corrected chi connectivity index (χ0v) is 8.76. The van der Waals surface area contributed by atoms with Gasteiger partial charge in [0, 0.05) is 0 Å². The molecule has 0 aliphatic rings. The molecule has 0 atom stereocenters. The van der Waals surface area contributed by atoms with Gasteiger partial charge in [-0.3, -0.25) is 0 Å². The quantitative estimate of drug-likeness (QED) is 0.746. The number of furan rings is 1. The van der Waals surface area contributed by atoms with Gasteiger partial charge in [0.2, 0.25) is 0 Å². The molecule has 0 aliphatic carbocycles. The van der Waals surface area contributed by atoms with E-state index in [4.69, 9.17) is 4.42 Å². The molecule has 1 heterocycles.